The molecule has 0 bridgehead atoms. The second kappa shape index (κ2) is 8.77. The smallest absolute Gasteiger partial charge is 0.265 e. The molecule has 2 aromatic rings. The van der Waals surface area contributed by atoms with Crippen molar-refractivity contribution in [3.8, 4) is 11.5 Å². The Hall–Kier alpha value is -2.74. The van der Waals surface area contributed by atoms with Crippen LogP contribution in [0.5, 0.6) is 11.5 Å². The van der Waals surface area contributed by atoms with Crippen LogP contribution in [0.4, 0.5) is 11.4 Å². The molecule has 0 unspecified atom stereocenters. The summed E-state index contributed by atoms with van der Waals surface area (Å²) in [4.78, 5) is 12.3. The van der Waals surface area contributed by atoms with Crippen LogP contribution in [0.15, 0.2) is 48.5 Å². The van der Waals surface area contributed by atoms with E-state index < -0.39 is 16.1 Å². The minimum Gasteiger partial charge on any atom is -0.494 e. The standard InChI is InChI=1S/C19H24N2O5S/c1-5-25-18-8-6-7-15(13-18)20-19(22)14(2)26-17-11-9-16(10-12-17)21(3)27(4,23)24/h6-14H,5H2,1-4H3,(H,20,22)/t14-/m1/s1. The Kier molecular flexibility index (Phi) is 6.68. The highest BCUT2D eigenvalue weighted by Crippen LogP contribution is 2.22. The van der Waals surface area contributed by atoms with E-state index in [1.807, 2.05) is 13.0 Å². The zero-order valence-electron chi connectivity index (χ0n) is 15.8. The second-order valence-electron chi connectivity index (χ2n) is 5.93. The number of nitrogens with zero attached hydrogens (tertiary/aromatic N) is 1. The minimum atomic E-state index is -3.33. The summed E-state index contributed by atoms with van der Waals surface area (Å²) < 4.78 is 35.3. The van der Waals surface area contributed by atoms with Gasteiger partial charge in [-0.1, -0.05) is 6.07 Å². The molecule has 27 heavy (non-hydrogen) atoms. The summed E-state index contributed by atoms with van der Waals surface area (Å²) in [7, 11) is -1.86. The monoisotopic (exact) mass is 392 g/mol. The molecule has 146 valence electrons. The van der Waals surface area contributed by atoms with Crippen LogP contribution in [0.1, 0.15) is 13.8 Å². The molecule has 0 saturated carbocycles. The summed E-state index contributed by atoms with van der Waals surface area (Å²) in [5, 5.41) is 2.78. The Bertz CT molecular complexity index is 881. The quantitative estimate of drug-likeness (QED) is 0.747. The van der Waals surface area contributed by atoms with E-state index in [2.05, 4.69) is 5.32 Å². The SMILES string of the molecule is CCOc1cccc(NC(=O)[C@@H](C)Oc2ccc(N(C)S(C)(=O)=O)cc2)c1. The van der Waals surface area contributed by atoms with Gasteiger partial charge in [-0.05, 0) is 50.2 Å². The number of anilines is 2. The molecule has 1 N–H and O–H groups in total. The van der Waals surface area contributed by atoms with Crippen LogP contribution >= 0.6 is 0 Å². The normalized spacial score (nSPS) is 12.1. The molecule has 1 amide bonds. The Balaban J connectivity index is 1.99. The van der Waals surface area contributed by atoms with Gasteiger partial charge in [0.1, 0.15) is 11.5 Å². The van der Waals surface area contributed by atoms with Crippen molar-refractivity contribution in [2.75, 3.05) is 29.5 Å². The first kappa shape index (κ1) is 20.6. The molecule has 0 aromatic heterocycles. The van der Waals surface area contributed by atoms with E-state index in [9.17, 15) is 13.2 Å². The molecule has 0 fully saturated rings. The summed E-state index contributed by atoms with van der Waals surface area (Å²) in [6.07, 6.45) is 0.393. The maximum atomic E-state index is 12.3. The van der Waals surface area contributed by atoms with E-state index in [0.29, 0.717) is 29.5 Å². The number of carbonyl (C=O) groups is 1. The third-order valence-electron chi connectivity index (χ3n) is 3.79. The van der Waals surface area contributed by atoms with Gasteiger partial charge in [0.25, 0.3) is 5.91 Å². The lowest BCUT2D eigenvalue weighted by Gasteiger charge is -2.18. The van der Waals surface area contributed by atoms with Crippen molar-refractivity contribution >= 4 is 27.3 Å². The number of sulfonamides is 1. The molecule has 8 heteroatoms. The molecule has 0 heterocycles. The molecule has 0 radical (unpaired) electrons. The van der Waals surface area contributed by atoms with Gasteiger partial charge in [-0.25, -0.2) is 8.42 Å². The van der Waals surface area contributed by atoms with Crippen molar-refractivity contribution in [3.05, 3.63) is 48.5 Å². The minimum absolute atomic E-state index is 0.305. The van der Waals surface area contributed by atoms with E-state index in [0.717, 1.165) is 10.6 Å². The van der Waals surface area contributed by atoms with Crippen LogP contribution < -0.4 is 19.1 Å². The maximum absolute atomic E-state index is 12.3. The van der Waals surface area contributed by atoms with Crippen molar-refractivity contribution in [3.63, 3.8) is 0 Å². The lowest BCUT2D eigenvalue weighted by atomic mass is 10.2. The molecule has 7 nitrogen and oxygen atoms in total. The first-order chi connectivity index (χ1) is 12.7. The van der Waals surface area contributed by atoms with Crippen LogP contribution in [0.3, 0.4) is 0 Å². The second-order valence-corrected chi connectivity index (χ2v) is 7.95. The fraction of sp³-hybridized carbons (Fsp3) is 0.316. The molecule has 2 rings (SSSR count). The lowest BCUT2D eigenvalue weighted by Crippen LogP contribution is -2.30. The number of amides is 1. The largest absolute Gasteiger partial charge is 0.494 e. The predicted octanol–water partition coefficient (Wildman–Crippen LogP) is 2.89. The van der Waals surface area contributed by atoms with Gasteiger partial charge >= 0.3 is 0 Å². The lowest BCUT2D eigenvalue weighted by molar-refractivity contribution is -0.122. The van der Waals surface area contributed by atoms with Crippen molar-refractivity contribution in [1.82, 2.24) is 0 Å². The average Bonchev–Trinajstić information content (AvgIpc) is 2.61. The number of rotatable bonds is 8. The molecule has 0 saturated heterocycles. The van der Waals surface area contributed by atoms with Crippen LogP contribution in [-0.2, 0) is 14.8 Å². The molecular weight excluding hydrogens is 368 g/mol. The fourth-order valence-corrected chi connectivity index (χ4v) is 2.76. The molecule has 1 atom stereocenters. The highest BCUT2D eigenvalue weighted by atomic mass is 32.2. The summed E-state index contributed by atoms with van der Waals surface area (Å²) >= 11 is 0. The van der Waals surface area contributed by atoms with Gasteiger partial charge in [0.2, 0.25) is 10.0 Å². The van der Waals surface area contributed by atoms with Gasteiger partial charge in [-0.2, -0.15) is 0 Å². The van der Waals surface area contributed by atoms with Gasteiger partial charge in [0.15, 0.2) is 6.10 Å². The molecule has 0 aliphatic carbocycles. The van der Waals surface area contributed by atoms with Gasteiger partial charge < -0.3 is 14.8 Å². The molecule has 0 aliphatic rings. The number of hydrogen-bond acceptors (Lipinski definition) is 5. The first-order valence-electron chi connectivity index (χ1n) is 8.45. The van der Waals surface area contributed by atoms with E-state index in [1.54, 1.807) is 49.4 Å². The van der Waals surface area contributed by atoms with Crippen LogP contribution in [0.2, 0.25) is 0 Å². The topological polar surface area (TPSA) is 84.9 Å². The predicted molar refractivity (Wildman–Crippen MR) is 106 cm³/mol. The Morgan fingerprint density at radius 3 is 2.41 bits per heavy atom. The Morgan fingerprint density at radius 1 is 1.15 bits per heavy atom. The molecule has 0 spiro atoms. The number of benzene rings is 2. The fourth-order valence-electron chi connectivity index (χ4n) is 2.26. The van der Waals surface area contributed by atoms with Gasteiger partial charge in [-0.15, -0.1) is 0 Å². The van der Waals surface area contributed by atoms with Crippen molar-refractivity contribution in [2.24, 2.45) is 0 Å². The summed E-state index contributed by atoms with van der Waals surface area (Å²) in [6.45, 7) is 4.07. The Labute approximate surface area is 160 Å². The summed E-state index contributed by atoms with van der Waals surface area (Å²) in [5.74, 6) is 0.835. The van der Waals surface area contributed by atoms with Crippen molar-refractivity contribution in [1.29, 1.82) is 0 Å². The van der Waals surface area contributed by atoms with Gasteiger partial charge in [0.05, 0.1) is 18.6 Å². The van der Waals surface area contributed by atoms with Crippen molar-refractivity contribution < 1.29 is 22.7 Å². The van der Waals surface area contributed by atoms with Gasteiger partial charge in [0, 0.05) is 18.8 Å². The third-order valence-corrected chi connectivity index (χ3v) is 5.00. The third kappa shape index (κ3) is 5.89. The van der Waals surface area contributed by atoms with E-state index in [4.69, 9.17) is 9.47 Å². The van der Waals surface area contributed by atoms with Crippen molar-refractivity contribution in [2.45, 2.75) is 20.0 Å². The average molecular weight is 392 g/mol. The maximum Gasteiger partial charge on any atom is 0.265 e. The van der Waals surface area contributed by atoms with E-state index in [1.165, 1.54) is 7.05 Å². The highest BCUT2D eigenvalue weighted by molar-refractivity contribution is 7.92. The molecular formula is C19H24N2O5S. The number of carbonyl (C=O) groups excluding carboxylic acids is 1. The Morgan fingerprint density at radius 2 is 1.81 bits per heavy atom. The highest BCUT2D eigenvalue weighted by Gasteiger charge is 2.16. The molecule has 0 aliphatic heterocycles. The van der Waals surface area contributed by atoms with Crippen LogP contribution in [0, 0.1) is 0 Å². The summed E-state index contributed by atoms with van der Waals surface area (Å²) in [6, 6.07) is 13.6. The van der Waals surface area contributed by atoms with Crippen LogP contribution in [0.25, 0.3) is 0 Å². The molecule has 2 aromatic carbocycles. The zero-order chi connectivity index (χ0) is 20.0. The number of nitrogens with one attached hydrogen (secondary N) is 1. The van der Waals surface area contributed by atoms with E-state index in [-0.39, 0.29) is 5.91 Å². The first-order valence-corrected chi connectivity index (χ1v) is 10.3. The number of hydrogen-bond donors (Lipinski definition) is 1. The zero-order valence-corrected chi connectivity index (χ0v) is 16.6. The van der Waals surface area contributed by atoms with Crippen LogP contribution in [-0.4, -0.2) is 40.3 Å². The summed E-state index contributed by atoms with van der Waals surface area (Å²) in [5.41, 5.74) is 1.13. The van der Waals surface area contributed by atoms with Gasteiger partial charge in [-0.3, -0.25) is 9.10 Å². The van der Waals surface area contributed by atoms with E-state index >= 15 is 0 Å². The number of ether oxygens (including phenoxy) is 2.